The van der Waals surface area contributed by atoms with E-state index in [9.17, 15) is 5.11 Å². The number of phenols is 1. The number of nitrogens with one attached hydrogen (secondary N) is 1. The number of phenolic OH excluding ortho intramolecular Hbond substituents is 1. The number of nitrogens with zero attached hydrogens (tertiary/aromatic N) is 5. The lowest BCUT2D eigenvalue weighted by molar-refractivity contribution is 0.0317. The van der Waals surface area contributed by atoms with Crippen molar-refractivity contribution in [2.24, 2.45) is 5.10 Å². The molecule has 3 rings (SSSR count). The van der Waals surface area contributed by atoms with Gasteiger partial charge in [-0.05, 0) is 19.1 Å². The second-order valence-corrected chi connectivity index (χ2v) is 7.02. The van der Waals surface area contributed by atoms with Crippen LogP contribution in [0.3, 0.4) is 0 Å². The topological polar surface area (TPSA) is 95.3 Å². The van der Waals surface area contributed by atoms with Crippen LogP contribution in [0.1, 0.15) is 11.1 Å². The lowest BCUT2D eigenvalue weighted by Gasteiger charge is -2.26. The van der Waals surface area contributed by atoms with Crippen LogP contribution >= 0.6 is 0 Å². The number of hydrazone groups is 1. The predicted molar refractivity (Wildman–Crippen MR) is 113 cm³/mol. The molecule has 1 aliphatic heterocycles. The van der Waals surface area contributed by atoms with Gasteiger partial charge in [0.25, 0.3) is 0 Å². The van der Waals surface area contributed by atoms with Crippen molar-refractivity contribution in [3.05, 3.63) is 35.4 Å². The summed E-state index contributed by atoms with van der Waals surface area (Å²) < 4.78 is 11.1. The molecule has 156 valence electrons. The first-order valence-corrected chi connectivity index (χ1v) is 9.59. The average molecular weight is 400 g/mol. The Morgan fingerprint density at radius 1 is 1.28 bits per heavy atom. The van der Waals surface area contributed by atoms with Crippen LogP contribution < -0.4 is 15.1 Å². The second kappa shape index (κ2) is 10.0. The van der Waals surface area contributed by atoms with Gasteiger partial charge in [-0.1, -0.05) is 11.6 Å². The van der Waals surface area contributed by atoms with Gasteiger partial charge in [0.1, 0.15) is 18.2 Å². The third-order valence-corrected chi connectivity index (χ3v) is 4.46. The summed E-state index contributed by atoms with van der Waals surface area (Å²) in [6, 6.07) is 7.41. The number of aryl methyl sites for hydroxylation is 1. The van der Waals surface area contributed by atoms with Gasteiger partial charge in [-0.25, -0.2) is 0 Å². The first-order valence-electron chi connectivity index (χ1n) is 9.59. The maximum absolute atomic E-state index is 9.91. The van der Waals surface area contributed by atoms with Gasteiger partial charge in [-0.3, -0.25) is 10.3 Å². The monoisotopic (exact) mass is 400 g/mol. The third-order valence-electron chi connectivity index (χ3n) is 4.46. The number of hydrogen-bond acceptors (Lipinski definition) is 9. The molecule has 0 unspecified atom stereocenters. The molecular weight excluding hydrogens is 372 g/mol. The van der Waals surface area contributed by atoms with E-state index in [4.69, 9.17) is 9.47 Å². The van der Waals surface area contributed by atoms with E-state index in [-0.39, 0.29) is 5.75 Å². The van der Waals surface area contributed by atoms with Crippen molar-refractivity contribution in [3.63, 3.8) is 0 Å². The van der Waals surface area contributed by atoms with Gasteiger partial charge in [-0.15, -0.1) is 0 Å². The molecule has 0 amide bonds. The van der Waals surface area contributed by atoms with Crippen LogP contribution in [0.4, 0.5) is 11.6 Å². The molecule has 0 radical (unpaired) electrons. The minimum atomic E-state index is 0.171. The molecule has 9 heteroatoms. The summed E-state index contributed by atoms with van der Waals surface area (Å²) in [7, 11) is 3.80. The maximum Gasteiger partial charge on any atom is 0.320 e. The van der Waals surface area contributed by atoms with Crippen LogP contribution in [0.5, 0.6) is 11.8 Å². The summed E-state index contributed by atoms with van der Waals surface area (Å²) in [5.41, 5.74) is 4.55. The van der Waals surface area contributed by atoms with Crippen LogP contribution in [-0.2, 0) is 4.74 Å². The first-order chi connectivity index (χ1) is 14.0. The fourth-order valence-electron chi connectivity index (χ4n) is 2.80. The molecule has 1 aliphatic rings. The molecule has 1 fully saturated rings. The Hall–Kier alpha value is -2.91. The number of morpholine rings is 1. The van der Waals surface area contributed by atoms with Crippen molar-refractivity contribution < 1.29 is 14.6 Å². The lowest BCUT2D eigenvalue weighted by atomic mass is 10.1. The van der Waals surface area contributed by atoms with Crippen LogP contribution in [0.25, 0.3) is 0 Å². The Kier molecular flexibility index (Phi) is 7.20. The van der Waals surface area contributed by atoms with Crippen LogP contribution in [0.2, 0.25) is 0 Å². The number of anilines is 2. The summed E-state index contributed by atoms with van der Waals surface area (Å²) >= 11 is 0. The summed E-state index contributed by atoms with van der Waals surface area (Å²) in [6.45, 7) is 6.59. The number of ether oxygens (including phenoxy) is 2. The lowest BCUT2D eigenvalue weighted by Crippen LogP contribution is -2.38. The molecule has 0 saturated carbocycles. The maximum atomic E-state index is 9.91. The third kappa shape index (κ3) is 6.30. The van der Waals surface area contributed by atoms with Gasteiger partial charge in [0.2, 0.25) is 0 Å². The molecule has 0 bridgehead atoms. The fraction of sp³-hybridized carbons (Fsp3) is 0.450. The average Bonchev–Trinajstić information content (AvgIpc) is 2.71. The van der Waals surface area contributed by atoms with E-state index < -0.39 is 0 Å². The van der Waals surface area contributed by atoms with Crippen molar-refractivity contribution in [3.8, 4) is 11.8 Å². The molecular formula is C20H28N6O3. The molecule has 2 aromatic rings. The van der Waals surface area contributed by atoms with E-state index in [1.54, 1.807) is 18.3 Å². The summed E-state index contributed by atoms with van der Waals surface area (Å²) in [5.74, 6) is 1.39. The largest absolute Gasteiger partial charge is 0.507 e. The standard InChI is InChI=1S/C20H28N6O3/c1-15-4-5-17(27)16(12-15)14-21-24-18-13-19(25(2)3)23-20(22-18)29-11-8-26-6-9-28-10-7-26/h4-5,12-14,27H,6-11H2,1-3H3,(H,22,23,24)/b21-14-. The Bertz CT molecular complexity index is 837. The van der Waals surface area contributed by atoms with Crippen molar-refractivity contribution in [1.29, 1.82) is 0 Å². The van der Waals surface area contributed by atoms with E-state index in [0.717, 1.165) is 38.4 Å². The zero-order valence-corrected chi connectivity index (χ0v) is 17.1. The van der Waals surface area contributed by atoms with Crippen LogP contribution in [0, 0.1) is 6.92 Å². The SMILES string of the molecule is Cc1ccc(O)c(/C=N\Nc2cc(N(C)C)nc(OCCN3CCOCC3)n2)c1. The first kappa shape index (κ1) is 20.8. The molecule has 0 atom stereocenters. The van der Waals surface area contributed by atoms with Crippen molar-refractivity contribution >= 4 is 17.9 Å². The summed E-state index contributed by atoms with van der Waals surface area (Å²) in [6.07, 6.45) is 1.55. The normalized spacial score (nSPS) is 14.9. The number of hydrogen-bond donors (Lipinski definition) is 2. The highest BCUT2D eigenvalue weighted by Crippen LogP contribution is 2.19. The Labute approximate surface area is 171 Å². The molecule has 2 N–H and O–H groups in total. The van der Waals surface area contributed by atoms with E-state index in [1.807, 2.05) is 38.1 Å². The van der Waals surface area contributed by atoms with Gasteiger partial charge < -0.3 is 19.5 Å². The minimum Gasteiger partial charge on any atom is -0.507 e. The molecule has 1 aromatic heterocycles. The molecule has 9 nitrogen and oxygen atoms in total. The van der Waals surface area contributed by atoms with E-state index >= 15 is 0 Å². The van der Waals surface area contributed by atoms with Gasteiger partial charge in [0.15, 0.2) is 5.82 Å². The quantitative estimate of drug-likeness (QED) is 0.511. The van der Waals surface area contributed by atoms with Crippen molar-refractivity contribution in [1.82, 2.24) is 14.9 Å². The minimum absolute atomic E-state index is 0.171. The second-order valence-electron chi connectivity index (χ2n) is 7.02. The van der Waals surface area contributed by atoms with E-state index in [1.165, 1.54) is 0 Å². The van der Waals surface area contributed by atoms with Crippen molar-refractivity contribution in [2.45, 2.75) is 6.92 Å². The van der Waals surface area contributed by atoms with E-state index in [0.29, 0.717) is 29.8 Å². The van der Waals surface area contributed by atoms with Gasteiger partial charge in [0, 0.05) is 45.4 Å². The van der Waals surface area contributed by atoms with Gasteiger partial charge >= 0.3 is 6.01 Å². The Morgan fingerprint density at radius 2 is 2.07 bits per heavy atom. The molecule has 1 aromatic carbocycles. The number of aromatic hydroxyl groups is 1. The molecule has 29 heavy (non-hydrogen) atoms. The van der Waals surface area contributed by atoms with Crippen molar-refractivity contribution in [2.75, 3.05) is 63.9 Å². The molecule has 0 aliphatic carbocycles. The molecule has 0 spiro atoms. The zero-order chi connectivity index (χ0) is 20.6. The van der Waals surface area contributed by atoms with Gasteiger partial charge in [0.05, 0.1) is 19.4 Å². The molecule has 2 heterocycles. The highest BCUT2D eigenvalue weighted by molar-refractivity contribution is 5.84. The Morgan fingerprint density at radius 3 is 2.83 bits per heavy atom. The number of rotatable bonds is 8. The predicted octanol–water partition coefficient (Wildman–Crippen LogP) is 1.71. The highest BCUT2D eigenvalue weighted by Gasteiger charge is 2.11. The van der Waals surface area contributed by atoms with Gasteiger partial charge in [-0.2, -0.15) is 15.1 Å². The van der Waals surface area contributed by atoms with Crippen LogP contribution in [-0.4, -0.2) is 79.7 Å². The van der Waals surface area contributed by atoms with Crippen LogP contribution in [0.15, 0.2) is 29.4 Å². The number of benzene rings is 1. The zero-order valence-electron chi connectivity index (χ0n) is 17.1. The fourth-order valence-corrected chi connectivity index (χ4v) is 2.80. The summed E-state index contributed by atoms with van der Waals surface area (Å²) in [5, 5.41) is 14.1. The molecule has 1 saturated heterocycles. The number of aromatic nitrogens is 2. The Balaban J connectivity index is 1.64. The highest BCUT2D eigenvalue weighted by atomic mass is 16.5. The summed E-state index contributed by atoms with van der Waals surface area (Å²) in [4.78, 5) is 13.0. The van der Waals surface area contributed by atoms with E-state index in [2.05, 4.69) is 25.4 Å². The smallest absolute Gasteiger partial charge is 0.320 e.